The van der Waals surface area contributed by atoms with Gasteiger partial charge in [0.1, 0.15) is 16.5 Å². The van der Waals surface area contributed by atoms with Crippen LogP contribution in [0.15, 0.2) is 54.7 Å². The van der Waals surface area contributed by atoms with Gasteiger partial charge in [-0.2, -0.15) is 0 Å². The number of alkyl carbamates (subject to hydrolysis) is 1. The van der Waals surface area contributed by atoms with E-state index in [0.717, 1.165) is 11.1 Å². The average molecular weight is 492 g/mol. The molecule has 3 N–H and O–H groups in total. The fourth-order valence-electron chi connectivity index (χ4n) is 4.82. The Morgan fingerprint density at radius 3 is 2.34 bits per heavy atom. The summed E-state index contributed by atoms with van der Waals surface area (Å²) in [6.45, 7) is 0.397. The van der Waals surface area contributed by atoms with Gasteiger partial charge in [0, 0.05) is 18.4 Å². The summed E-state index contributed by atoms with van der Waals surface area (Å²) in [6.07, 6.45) is 2.44. The highest BCUT2D eigenvalue weighted by atomic mass is 32.1. The summed E-state index contributed by atoms with van der Waals surface area (Å²) < 4.78 is 5.53. The van der Waals surface area contributed by atoms with Crippen LogP contribution >= 0.6 is 11.3 Å². The van der Waals surface area contributed by atoms with Crippen molar-refractivity contribution in [2.45, 2.75) is 37.8 Å². The number of fused-ring (bicyclic) bond motifs is 3. The van der Waals surface area contributed by atoms with Gasteiger partial charge in [0.15, 0.2) is 0 Å². The van der Waals surface area contributed by atoms with E-state index in [9.17, 15) is 14.4 Å². The fraction of sp³-hybridized carbons (Fsp3) is 0.308. The summed E-state index contributed by atoms with van der Waals surface area (Å²) in [5.41, 5.74) is 4.64. The first-order chi connectivity index (χ1) is 17.0. The molecule has 0 saturated heterocycles. The van der Waals surface area contributed by atoms with Gasteiger partial charge < -0.3 is 20.5 Å². The largest absolute Gasteiger partial charge is 0.481 e. The van der Waals surface area contributed by atoms with Crippen molar-refractivity contribution in [3.8, 4) is 11.1 Å². The summed E-state index contributed by atoms with van der Waals surface area (Å²) in [5.74, 6) is -0.925. The van der Waals surface area contributed by atoms with Gasteiger partial charge in [0.05, 0.1) is 12.7 Å². The molecule has 5 rings (SSSR count). The lowest BCUT2D eigenvalue weighted by molar-refractivity contribution is -0.138. The quantitative estimate of drug-likeness (QED) is 0.435. The van der Waals surface area contributed by atoms with E-state index >= 15 is 0 Å². The Bertz CT molecular complexity index is 1220. The van der Waals surface area contributed by atoms with Crippen molar-refractivity contribution in [1.29, 1.82) is 0 Å². The van der Waals surface area contributed by atoms with Crippen LogP contribution in [0.3, 0.4) is 0 Å². The third-order valence-corrected chi connectivity index (χ3v) is 7.54. The summed E-state index contributed by atoms with van der Waals surface area (Å²) >= 11 is 1.21. The van der Waals surface area contributed by atoms with E-state index in [1.807, 2.05) is 24.3 Å². The number of carbonyl (C=O) groups excluding carboxylic acids is 2. The molecule has 0 aliphatic heterocycles. The van der Waals surface area contributed by atoms with E-state index in [4.69, 9.17) is 9.84 Å². The Hall–Kier alpha value is -3.72. The maximum atomic E-state index is 12.4. The van der Waals surface area contributed by atoms with E-state index < -0.39 is 12.1 Å². The number of hydrogen-bond donors (Lipinski definition) is 3. The Labute approximate surface area is 206 Å². The minimum Gasteiger partial charge on any atom is -0.481 e. The van der Waals surface area contributed by atoms with E-state index in [-0.39, 0.29) is 43.4 Å². The van der Waals surface area contributed by atoms with E-state index in [2.05, 4.69) is 39.9 Å². The molecule has 8 nitrogen and oxygen atoms in total. The number of rotatable bonds is 8. The van der Waals surface area contributed by atoms with Crippen molar-refractivity contribution >= 4 is 29.3 Å². The van der Waals surface area contributed by atoms with Crippen LogP contribution in [0.2, 0.25) is 0 Å². The van der Waals surface area contributed by atoms with Crippen LogP contribution in [-0.2, 0) is 16.1 Å². The molecule has 3 aromatic rings. The van der Waals surface area contributed by atoms with Gasteiger partial charge >= 0.3 is 12.1 Å². The Morgan fingerprint density at radius 2 is 1.69 bits per heavy atom. The predicted octanol–water partition coefficient (Wildman–Crippen LogP) is 4.16. The Morgan fingerprint density at radius 1 is 1.03 bits per heavy atom. The molecule has 1 aromatic heterocycles. The minimum atomic E-state index is -0.809. The molecule has 35 heavy (non-hydrogen) atoms. The number of thiazole rings is 1. The Balaban J connectivity index is 1.09. The van der Waals surface area contributed by atoms with Crippen molar-refractivity contribution in [2.75, 3.05) is 6.61 Å². The van der Waals surface area contributed by atoms with Crippen molar-refractivity contribution in [2.24, 2.45) is 5.92 Å². The highest BCUT2D eigenvalue weighted by Gasteiger charge is 2.32. The van der Waals surface area contributed by atoms with E-state index in [0.29, 0.717) is 22.7 Å². The first kappa shape index (κ1) is 23.0. The van der Waals surface area contributed by atoms with Gasteiger partial charge in [0.25, 0.3) is 5.91 Å². The third kappa shape index (κ3) is 5.05. The predicted molar refractivity (Wildman–Crippen MR) is 130 cm³/mol. The van der Waals surface area contributed by atoms with Gasteiger partial charge in [-0.3, -0.25) is 9.59 Å². The third-order valence-electron chi connectivity index (χ3n) is 6.54. The summed E-state index contributed by atoms with van der Waals surface area (Å²) in [6, 6.07) is 16.3. The standard InChI is InChI=1S/C26H25N3O5S/c30-24(31)11-15-9-16(10-15)29-25(32)22-12-27-23(35-22)13-28-26(33)34-14-21-19-7-3-1-5-17(19)18-6-2-4-8-20(18)21/h1-8,12,15-16,21H,9-11,13-14H2,(H,28,33)(H,29,32)(H,30,31). The molecule has 1 fully saturated rings. The smallest absolute Gasteiger partial charge is 0.407 e. The summed E-state index contributed by atoms with van der Waals surface area (Å²) in [7, 11) is 0. The van der Waals surface area contributed by atoms with Crippen LogP contribution in [-0.4, -0.2) is 40.7 Å². The number of aliphatic carboxylic acids is 1. The molecule has 1 heterocycles. The maximum Gasteiger partial charge on any atom is 0.407 e. The average Bonchev–Trinajstić information content (AvgIpc) is 3.43. The summed E-state index contributed by atoms with van der Waals surface area (Å²) in [4.78, 5) is 40.2. The lowest BCUT2D eigenvalue weighted by Gasteiger charge is -2.34. The van der Waals surface area contributed by atoms with Crippen molar-refractivity contribution in [3.63, 3.8) is 0 Å². The second kappa shape index (κ2) is 9.87. The monoisotopic (exact) mass is 491 g/mol. The molecule has 2 amide bonds. The molecule has 1 saturated carbocycles. The molecule has 180 valence electrons. The van der Waals surface area contributed by atoms with Crippen LogP contribution in [0.1, 0.15) is 51.0 Å². The molecule has 0 unspecified atom stereocenters. The second-order valence-corrected chi connectivity index (χ2v) is 10.0. The zero-order chi connectivity index (χ0) is 24.4. The maximum absolute atomic E-state index is 12.4. The van der Waals surface area contributed by atoms with Crippen molar-refractivity contribution < 1.29 is 24.2 Å². The molecule has 0 bridgehead atoms. The first-order valence-corrected chi connectivity index (χ1v) is 12.4. The number of benzene rings is 2. The van der Waals surface area contributed by atoms with Crippen molar-refractivity contribution in [1.82, 2.24) is 15.6 Å². The summed E-state index contributed by atoms with van der Waals surface area (Å²) in [5, 5.41) is 15.0. The Kier molecular flexibility index (Phi) is 6.50. The lowest BCUT2D eigenvalue weighted by atomic mass is 9.78. The highest BCUT2D eigenvalue weighted by molar-refractivity contribution is 7.13. The molecule has 2 aliphatic carbocycles. The fourth-order valence-corrected chi connectivity index (χ4v) is 5.58. The van der Waals surface area contributed by atoms with Crippen LogP contribution < -0.4 is 10.6 Å². The van der Waals surface area contributed by atoms with E-state index in [1.54, 1.807) is 0 Å². The second-order valence-electron chi connectivity index (χ2n) is 8.90. The topological polar surface area (TPSA) is 118 Å². The number of ether oxygens (including phenoxy) is 1. The van der Waals surface area contributed by atoms with E-state index in [1.165, 1.54) is 28.7 Å². The first-order valence-electron chi connectivity index (χ1n) is 11.5. The van der Waals surface area contributed by atoms with Gasteiger partial charge in [0.2, 0.25) is 0 Å². The number of aromatic nitrogens is 1. The number of amides is 2. The molecule has 9 heteroatoms. The van der Waals surface area contributed by atoms with Gasteiger partial charge in [-0.25, -0.2) is 9.78 Å². The number of carbonyl (C=O) groups is 3. The molecular weight excluding hydrogens is 466 g/mol. The van der Waals surface area contributed by atoms with Crippen LogP contribution in [0.4, 0.5) is 4.79 Å². The number of carboxylic acids is 1. The van der Waals surface area contributed by atoms with Crippen molar-refractivity contribution in [3.05, 3.63) is 75.7 Å². The molecule has 2 aliphatic rings. The molecule has 0 spiro atoms. The zero-order valence-corrected chi connectivity index (χ0v) is 19.7. The number of nitrogens with one attached hydrogen (secondary N) is 2. The molecule has 0 atom stereocenters. The SMILES string of the molecule is O=C(O)CC1CC(NC(=O)c2cnc(CNC(=O)OCC3c4ccccc4-c4ccccc43)s2)C1. The van der Waals surface area contributed by atoms with Gasteiger partial charge in [-0.15, -0.1) is 11.3 Å². The molecule has 2 aromatic carbocycles. The van der Waals surface area contributed by atoms with Crippen LogP contribution in [0.5, 0.6) is 0 Å². The normalized spacial score (nSPS) is 18.2. The molecule has 0 radical (unpaired) electrons. The zero-order valence-electron chi connectivity index (χ0n) is 18.9. The van der Waals surface area contributed by atoms with Gasteiger partial charge in [-0.05, 0) is 41.0 Å². The van der Waals surface area contributed by atoms with Crippen LogP contribution in [0.25, 0.3) is 11.1 Å². The molecular formula is C26H25N3O5S. The minimum absolute atomic E-state index is 0.00338. The highest BCUT2D eigenvalue weighted by Crippen LogP contribution is 2.44. The number of carboxylic acid groups (broad SMARTS) is 1. The number of hydrogen-bond acceptors (Lipinski definition) is 6. The van der Waals surface area contributed by atoms with Crippen LogP contribution in [0, 0.1) is 5.92 Å². The lowest BCUT2D eigenvalue weighted by Crippen LogP contribution is -2.44. The van der Waals surface area contributed by atoms with Gasteiger partial charge in [-0.1, -0.05) is 48.5 Å². The number of nitrogens with zero attached hydrogens (tertiary/aromatic N) is 1.